The summed E-state index contributed by atoms with van der Waals surface area (Å²) < 4.78 is 39.2. The van der Waals surface area contributed by atoms with Gasteiger partial charge in [-0.05, 0) is 12.1 Å². The van der Waals surface area contributed by atoms with Crippen LogP contribution in [-0.2, 0) is 4.79 Å². The molecule has 0 aromatic heterocycles. The van der Waals surface area contributed by atoms with Gasteiger partial charge in [0.1, 0.15) is 28.9 Å². The van der Waals surface area contributed by atoms with Gasteiger partial charge in [0.25, 0.3) is 0 Å². The second kappa shape index (κ2) is 8.19. The van der Waals surface area contributed by atoms with E-state index in [1.165, 1.54) is 37.3 Å². The summed E-state index contributed by atoms with van der Waals surface area (Å²) in [6.07, 6.45) is 0. The zero-order valence-electron chi connectivity index (χ0n) is 14.5. The molecule has 0 aliphatic heterocycles. The Bertz CT molecular complexity index is 1030. The first-order valence-corrected chi connectivity index (χ1v) is 8.47. The van der Waals surface area contributed by atoms with E-state index in [1.807, 2.05) is 0 Å². The highest BCUT2D eigenvalue weighted by Crippen LogP contribution is 2.31. The Kier molecular flexibility index (Phi) is 5.70. The van der Waals surface area contributed by atoms with Gasteiger partial charge in [0.05, 0.1) is 5.56 Å². The summed E-state index contributed by atoms with van der Waals surface area (Å²) in [5.41, 5.74) is -0.514. The van der Waals surface area contributed by atoms with Gasteiger partial charge in [-0.3, -0.25) is 9.59 Å². The Morgan fingerprint density at radius 3 is 2.04 bits per heavy atom. The molecule has 0 bridgehead atoms. The van der Waals surface area contributed by atoms with Crippen molar-refractivity contribution < 1.29 is 27.8 Å². The summed E-state index contributed by atoms with van der Waals surface area (Å²) in [5.74, 6) is -3.43. The van der Waals surface area contributed by atoms with Gasteiger partial charge in [0.2, 0.25) is 0 Å². The van der Waals surface area contributed by atoms with Crippen LogP contribution in [0.25, 0.3) is 0 Å². The Morgan fingerprint density at radius 2 is 1.43 bits per heavy atom. The van der Waals surface area contributed by atoms with Crippen LogP contribution in [0.5, 0.6) is 17.2 Å². The van der Waals surface area contributed by atoms with E-state index >= 15 is 0 Å². The maximum Gasteiger partial charge on any atom is 0.308 e. The van der Waals surface area contributed by atoms with Crippen molar-refractivity contribution in [1.29, 1.82) is 0 Å². The SMILES string of the molecule is CC(=O)Oc1cc(Cl)cc(Oc2cc(F)c(C(=O)c3ccccc3)c(F)c2)c1. The molecule has 0 amide bonds. The van der Waals surface area contributed by atoms with Crippen molar-refractivity contribution in [3.8, 4) is 17.2 Å². The molecule has 0 saturated heterocycles. The smallest absolute Gasteiger partial charge is 0.308 e. The van der Waals surface area contributed by atoms with Crippen LogP contribution in [-0.4, -0.2) is 11.8 Å². The van der Waals surface area contributed by atoms with Crippen LogP contribution in [0.4, 0.5) is 8.78 Å². The molecule has 0 N–H and O–H groups in total. The first-order chi connectivity index (χ1) is 13.3. The Balaban J connectivity index is 1.90. The molecule has 142 valence electrons. The number of carbonyl (C=O) groups is 2. The molecule has 0 atom stereocenters. The third-order valence-electron chi connectivity index (χ3n) is 3.62. The lowest BCUT2D eigenvalue weighted by Crippen LogP contribution is -2.08. The molecule has 7 heteroatoms. The molecule has 0 fully saturated rings. The van der Waals surface area contributed by atoms with Crippen LogP contribution in [0.2, 0.25) is 5.02 Å². The summed E-state index contributed by atoms with van der Waals surface area (Å²) in [5, 5.41) is 0.200. The van der Waals surface area contributed by atoms with Gasteiger partial charge < -0.3 is 9.47 Å². The van der Waals surface area contributed by atoms with Crippen molar-refractivity contribution in [2.75, 3.05) is 0 Å². The fraction of sp³-hybridized carbons (Fsp3) is 0.0476. The van der Waals surface area contributed by atoms with Crippen molar-refractivity contribution in [2.45, 2.75) is 6.92 Å². The number of esters is 1. The Morgan fingerprint density at radius 1 is 0.857 bits per heavy atom. The number of hydrogen-bond acceptors (Lipinski definition) is 4. The largest absolute Gasteiger partial charge is 0.457 e. The number of benzene rings is 3. The van der Waals surface area contributed by atoms with Gasteiger partial charge in [-0.2, -0.15) is 0 Å². The minimum absolute atomic E-state index is 0.102. The molecule has 0 spiro atoms. The Hall–Kier alpha value is -3.25. The average molecular weight is 403 g/mol. The standard InChI is InChI=1S/C21H13ClF2O4/c1-12(25)27-15-7-14(22)8-16(9-15)28-17-10-18(23)20(19(24)11-17)21(26)13-5-3-2-4-6-13/h2-11H,1H3. The number of ketones is 1. The normalized spacial score (nSPS) is 10.4. The first kappa shape index (κ1) is 19.5. The van der Waals surface area contributed by atoms with Gasteiger partial charge >= 0.3 is 5.97 Å². The van der Waals surface area contributed by atoms with E-state index in [4.69, 9.17) is 21.1 Å². The molecule has 3 aromatic carbocycles. The first-order valence-electron chi connectivity index (χ1n) is 8.09. The lowest BCUT2D eigenvalue weighted by Gasteiger charge is -2.11. The van der Waals surface area contributed by atoms with Gasteiger partial charge in [-0.1, -0.05) is 41.9 Å². The quantitative estimate of drug-likeness (QED) is 0.318. The van der Waals surface area contributed by atoms with Gasteiger partial charge in [0, 0.05) is 35.7 Å². The van der Waals surface area contributed by atoms with E-state index in [9.17, 15) is 18.4 Å². The summed E-state index contributed by atoms with van der Waals surface area (Å²) in [6, 6.07) is 13.7. The van der Waals surface area contributed by atoms with Crippen molar-refractivity contribution in [3.05, 3.63) is 88.4 Å². The fourth-order valence-electron chi connectivity index (χ4n) is 2.52. The fourth-order valence-corrected chi connectivity index (χ4v) is 2.73. The summed E-state index contributed by atoms with van der Waals surface area (Å²) in [4.78, 5) is 23.4. The molecule has 0 unspecified atom stereocenters. The van der Waals surface area contributed by atoms with Crippen LogP contribution in [0, 0.1) is 11.6 Å². The summed E-state index contributed by atoms with van der Waals surface area (Å²) in [6.45, 7) is 1.22. The zero-order valence-corrected chi connectivity index (χ0v) is 15.3. The molecule has 3 rings (SSSR count). The van der Waals surface area contributed by atoms with E-state index in [-0.39, 0.29) is 27.8 Å². The summed E-state index contributed by atoms with van der Waals surface area (Å²) in [7, 11) is 0. The molecule has 28 heavy (non-hydrogen) atoms. The topological polar surface area (TPSA) is 52.6 Å². The maximum atomic E-state index is 14.4. The lowest BCUT2D eigenvalue weighted by molar-refractivity contribution is -0.131. The van der Waals surface area contributed by atoms with E-state index < -0.39 is 29.0 Å². The third-order valence-corrected chi connectivity index (χ3v) is 3.84. The minimum atomic E-state index is -1.06. The van der Waals surface area contributed by atoms with Crippen LogP contribution in [0.15, 0.2) is 60.7 Å². The highest BCUT2D eigenvalue weighted by atomic mass is 35.5. The van der Waals surface area contributed by atoms with E-state index in [0.717, 1.165) is 12.1 Å². The number of hydrogen-bond donors (Lipinski definition) is 0. The minimum Gasteiger partial charge on any atom is -0.457 e. The second-order valence-electron chi connectivity index (χ2n) is 5.78. The van der Waals surface area contributed by atoms with Crippen molar-refractivity contribution in [2.24, 2.45) is 0 Å². The lowest BCUT2D eigenvalue weighted by atomic mass is 10.0. The van der Waals surface area contributed by atoms with Crippen LogP contribution >= 0.6 is 11.6 Å². The van der Waals surface area contributed by atoms with Crippen LogP contribution in [0.3, 0.4) is 0 Å². The van der Waals surface area contributed by atoms with Crippen molar-refractivity contribution in [1.82, 2.24) is 0 Å². The molecule has 0 aliphatic carbocycles. The predicted octanol–water partition coefficient (Wildman–Crippen LogP) is 5.57. The average Bonchev–Trinajstić information content (AvgIpc) is 2.60. The third kappa shape index (κ3) is 4.53. The van der Waals surface area contributed by atoms with E-state index in [2.05, 4.69) is 0 Å². The van der Waals surface area contributed by atoms with Gasteiger partial charge in [-0.15, -0.1) is 0 Å². The molecule has 0 aliphatic rings. The molecular weight excluding hydrogens is 390 g/mol. The molecule has 3 aromatic rings. The van der Waals surface area contributed by atoms with Crippen LogP contribution in [0.1, 0.15) is 22.8 Å². The Labute approximate surface area is 164 Å². The summed E-state index contributed by atoms with van der Waals surface area (Å²) >= 11 is 5.93. The zero-order chi connectivity index (χ0) is 20.3. The van der Waals surface area contributed by atoms with Crippen molar-refractivity contribution >= 4 is 23.4 Å². The molecule has 0 heterocycles. The van der Waals surface area contributed by atoms with Crippen LogP contribution < -0.4 is 9.47 Å². The second-order valence-corrected chi connectivity index (χ2v) is 6.21. The molecule has 0 saturated carbocycles. The number of carbonyl (C=O) groups excluding carboxylic acids is 2. The molecule has 4 nitrogen and oxygen atoms in total. The highest BCUT2D eigenvalue weighted by Gasteiger charge is 2.21. The number of rotatable bonds is 5. The monoisotopic (exact) mass is 402 g/mol. The molecular formula is C21H13ClF2O4. The number of ether oxygens (including phenoxy) is 2. The highest BCUT2D eigenvalue weighted by molar-refractivity contribution is 6.30. The van der Waals surface area contributed by atoms with Crippen molar-refractivity contribution in [3.63, 3.8) is 0 Å². The predicted molar refractivity (Wildman–Crippen MR) is 99.1 cm³/mol. The van der Waals surface area contributed by atoms with E-state index in [1.54, 1.807) is 18.2 Å². The van der Waals surface area contributed by atoms with Gasteiger partial charge in [-0.25, -0.2) is 8.78 Å². The molecule has 0 radical (unpaired) electrons. The van der Waals surface area contributed by atoms with Gasteiger partial charge in [0.15, 0.2) is 5.78 Å². The van der Waals surface area contributed by atoms with E-state index in [0.29, 0.717) is 0 Å². The maximum absolute atomic E-state index is 14.4. The number of halogens is 3.